The van der Waals surface area contributed by atoms with Crippen molar-refractivity contribution in [3.63, 3.8) is 0 Å². The molecule has 0 amide bonds. The number of thiazole rings is 1. The summed E-state index contributed by atoms with van der Waals surface area (Å²) in [6.45, 7) is 7.26. The lowest BCUT2D eigenvalue weighted by Crippen LogP contribution is -2.21. The fraction of sp³-hybridized carbons (Fsp3) is 0.625. The average Bonchev–Trinajstić information content (AvgIpc) is 2.31. The minimum Gasteiger partial charge on any atom is -0.308 e. The molecule has 0 saturated carbocycles. The van der Waals surface area contributed by atoms with E-state index in [1.54, 1.807) is 11.3 Å². The molecule has 0 saturated heterocycles. The van der Waals surface area contributed by atoms with Gasteiger partial charge in [-0.1, -0.05) is 13.8 Å². The zero-order valence-corrected chi connectivity index (χ0v) is 10.5. The van der Waals surface area contributed by atoms with E-state index in [1.165, 1.54) is 9.88 Å². The van der Waals surface area contributed by atoms with Gasteiger partial charge in [0.15, 0.2) is 0 Å². The van der Waals surface area contributed by atoms with E-state index >= 15 is 0 Å². The first-order chi connectivity index (χ1) is 5.18. The summed E-state index contributed by atoms with van der Waals surface area (Å²) in [4.78, 5) is 5.53. The lowest BCUT2D eigenvalue weighted by Gasteiger charge is -2.04. The fourth-order valence-electron chi connectivity index (χ4n) is 0.775. The van der Waals surface area contributed by atoms with E-state index in [0.717, 1.165) is 6.54 Å². The Bertz CT molecular complexity index is 226. The standard InChI is InChI=1S/C8H14N2S.2ClH/c1-6(2)9-5-8-10-4-7(3)11-8;;/h4,6,9H,5H2,1-3H3;2*1H. The first-order valence-electron chi connectivity index (χ1n) is 3.83. The highest BCUT2D eigenvalue weighted by atomic mass is 35.5. The Balaban J connectivity index is 0. The highest BCUT2D eigenvalue weighted by Crippen LogP contribution is 2.10. The van der Waals surface area contributed by atoms with Crippen LogP contribution in [0.15, 0.2) is 6.20 Å². The Hall–Kier alpha value is 0.170. The molecule has 1 aromatic heterocycles. The summed E-state index contributed by atoms with van der Waals surface area (Å²) in [5.74, 6) is 0. The van der Waals surface area contributed by atoms with Crippen LogP contribution in [0.3, 0.4) is 0 Å². The second-order valence-electron chi connectivity index (χ2n) is 2.90. The van der Waals surface area contributed by atoms with Gasteiger partial charge in [0.1, 0.15) is 5.01 Å². The molecule has 0 aliphatic carbocycles. The van der Waals surface area contributed by atoms with Crippen molar-refractivity contribution >= 4 is 36.2 Å². The Labute approximate surface area is 96.0 Å². The molecule has 0 fully saturated rings. The largest absolute Gasteiger partial charge is 0.308 e. The maximum absolute atomic E-state index is 4.24. The molecule has 0 bridgehead atoms. The third kappa shape index (κ3) is 6.27. The first-order valence-corrected chi connectivity index (χ1v) is 4.65. The lowest BCUT2D eigenvalue weighted by molar-refractivity contribution is 0.587. The van der Waals surface area contributed by atoms with Gasteiger partial charge in [-0.15, -0.1) is 36.2 Å². The molecule has 0 atom stereocenters. The number of aryl methyl sites for hydroxylation is 1. The van der Waals surface area contributed by atoms with Gasteiger partial charge in [0.2, 0.25) is 0 Å². The number of nitrogens with zero attached hydrogens (tertiary/aromatic N) is 1. The van der Waals surface area contributed by atoms with Crippen LogP contribution in [-0.2, 0) is 6.54 Å². The Morgan fingerprint density at radius 2 is 2.08 bits per heavy atom. The summed E-state index contributed by atoms with van der Waals surface area (Å²) >= 11 is 1.76. The second kappa shape index (κ2) is 7.56. The zero-order valence-electron chi connectivity index (χ0n) is 8.03. The highest BCUT2D eigenvalue weighted by molar-refractivity contribution is 7.11. The van der Waals surface area contributed by atoms with Crippen molar-refractivity contribution in [2.75, 3.05) is 0 Å². The van der Waals surface area contributed by atoms with Crippen LogP contribution in [0.4, 0.5) is 0 Å². The number of rotatable bonds is 3. The van der Waals surface area contributed by atoms with E-state index in [4.69, 9.17) is 0 Å². The molecule has 2 nitrogen and oxygen atoms in total. The molecule has 0 unspecified atom stereocenters. The van der Waals surface area contributed by atoms with Gasteiger partial charge in [-0.3, -0.25) is 0 Å². The number of hydrogen-bond donors (Lipinski definition) is 1. The number of aromatic nitrogens is 1. The molecule has 0 aromatic carbocycles. The van der Waals surface area contributed by atoms with Crippen LogP contribution in [0.5, 0.6) is 0 Å². The molecule has 1 aromatic rings. The van der Waals surface area contributed by atoms with Crippen molar-refractivity contribution in [1.82, 2.24) is 10.3 Å². The molecule has 1 rings (SSSR count). The van der Waals surface area contributed by atoms with Crippen molar-refractivity contribution in [2.24, 2.45) is 0 Å². The molecular weight excluding hydrogens is 227 g/mol. The third-order valence-corrected chi connectivity index (χ3v) is 2.24. The van der Waals surface area contributed by atoms with E-state index in [1.807, 2.05) is 6.20 Å². The summed E-state index contributed by atoms with van der Waals surface area (Å²) in [7, 11) is 0. The van der Waals surface area contributed by atoms with Crippen LogP contribution in [0.25, 0.3) is 0 Å². The lowest BCUT2D eigenvalue weighted by atomic mass is 10.4. The minimum absolute atomic E-state index is 0. The van der Waals surface area contributed by atoms with Crippen molar-refractivity contribution in [1.29, 1.82) is 0 Å². The number of halogens is 2. The molecule has 1 heterocycles. The SMILES string of the molecule is Cc1cnc(CNC(C)C)s1.Cl.Cl. The minimum atomic E-state index is 0. The predicted octanol–water partition coefficient (Wildman–Crippen LogP) is 2.79. The van der Waals surface area contributed by atoms with Crippen LogP contribution in [-0.4, -0.2) is 11.0 Å². The monoisotopic (exact) mass is 242 g/mol. The molecule has 78 valence electrons. The highest BCUT2D eigenvalue weighted by Gasteiger charge is 1.98. The quantitative estimate of drug-likeness (QED) is 0.883. The van der Waals surface area contributed by atoms with Gasteiger partial charge in [-0.25, -0.2) is 4.98 Å². The third-order valence-electron chi connectivity index (χ3n) is 1.33. The van der Waals surface area contributed by atoms with Crippen LogP contribution in [0.1, 0.15) is 23.7 Å². The van der Waals surface area contributed by atoms with Gasteiger partial charge >= 0.3 is 0 Å². The van der Waals surface area contributed by atoms with Crippen LogP contribution < -0.4 is 5.32 Å². The van der Waals surface area contributed by atoms with E-state index in [-0.39, 0.29) is 24.8 Å². The van der Waals surface area contributed by atoms with Crippen LogP contribution in [0.2, 0.25) is 0 Å². The number of hydrogen-bond acceptors (Lipinski definition) is 3. The van der Waals surface area contributed by atoms with Crippen molar-refractivity contribution in [3.05, 3.63) is 16.1 Å². The van der Waals surface area contributed by atoms with Gasteiger partial charge in [-0.2, -0.15) is 0 Å². The fourth-order valence-corrected chi connectivity index (χ4v) is 1.51. The van der Waals surface area contributed by atoms with Gasteiger partial charge in [-0.05, 0) is 6.92 Å². The average molecular weight is 243 g/mol. The van der Waals surface area contributed by atoms with E-state index in [2.05, 4.69) is 31.1 Å². The molecule has 0 radical (unpaired) electrons. The van der Waals surface area contributed by atoms with E-state index < -0.39 is 0 Å². The smallest absolute Gasteiger partial charge is 0.107 e. The van der Waals surface area contributed by atoms with E-state index in [0.29, 0.717) is 6.04 Å². The number of nitrogens with one attached hydrogen (secondary N) is 1. The Kier molecular flexibility index (Phi) is 9.09. The van der Waals surface area contributed by atoms with Gasteiger partial charge in [0, 0.05) is 23.7 Å². The van der Waals surface area contributed by atoms with Gasteiger partial charge in [0.05, 0.1) is 0 Å². The molecule has 13 heavy (non-hydrogen) atoms. The maximum atomic E-state index is 4.24. The Morgan fingerprint density at radius 3 is 2.46 bits per heavy atom. The molecule has 1 N–H and O–H groups in total. The molecule has 0 aliphatic heterocycles. The summed E-state index contributed by atoms with van der Waals surface area (Å²) in [6.07, 6.45) is 1.92. The molecular formula is C8H16Cl2N2S. The van der Waals surface area contributed by atoms with Crippen molar-refractivity contribution in [3.8, 4) is 0 Å². The zero-order chi connectivity index (χ0) is 8.27. The summed E-state index contributed by atoms with van der Waals surface area (Å²) < 4.78 is 0. The normalized spacial score (nSPS) is 9.23. The van der Waals surface area contributed by atoms with Crippen molar-refractivity contribution < 1.29 is 0 Å². The van der Waals surface area contributed by atoms with Crippen molar-refractivity contribution in [2.45, 2.75) is 33.4 Å². The molecule has 0 aliphatic rings. The van der Waals surface area contributed by atoms with Crippen LogP contribution >= 0.6 is 36.2 Å². The predicted molar refractivity (Wildman–Crippen MR) is 63.3 cm³/mol. The second-order valence-corrected chi connectivity index (χ2v) is 4.22. The summed E-state index contributed by atoms with van der Waals surface area (Å²) in [5.41, 5.74) is 0. The molecule has 5 heteroatoms. The Morgan fingerprint density at radius 1 is 1.46 bits per heavy atom. The van der Waals surface area contributed by atoms with Gasteiger partial charge < -0.3 is 5.32 Å². The summed E-state index contributed by atoms with van der Waals surface area (Å²) in [5, 5.41) is 4.50. The first kappa shape index (κ1) is 15.6. The maximum Gasteiger partial charge on any atom is 0.107 e. The topological polar surface area (TPSA) is 24.9 Å². The van der Waals surface area contributed by atoms with Crippen LogP contribution in [0, 0.1) is 6.92 Å². The molecule has 0 spiro atoms. The van der Waals surface area contributed by atoms with E-state index in [9.17, 15) is 0 Å². The van der Waals surface area contributed by atoms with Gasteiger partial charge in [0.25, 0.3) is 0 Å². The summed E-state index contributed by atoms with van der Waals surface area (Å²) in [6, 6.07) is 0.541.